The quantitative estimate of drug-likeness (QED) is 0.399. The minimum atomic E-state index is -0.900. The van der Waals surface area contributed by atoms with Gasteiger partial charge in [0.1, 0.15) is 6.54 Å². The molecule has 3 aromatic carbocycles. The number of carboxylic acid groups (broad SMARTS) is 1. The average molecular weight is 473 g/mol. The number of carbonyl (C=O) groups excluding carboxylic acids is 1. The van der Waals surface area contributed by atoms with Crippen LogP contribution in [0.4, 0.5) is 0 Å². The summed E-state index contributed by atoms with van der Waals surface area (Å²) in [6, 6.07) is 21.8. The molecule has 0 saturated heterocycles. The molecule has 0 bridgehead atoms. The second-order valence-corrected chi connectivity index (χ2v) is 9.11. The molecule has 1 aromatic heterocycles. The van der Waals surface area contributed by atoms with Crippen molar-refractivity contribution in [1.29, 1.82) is 0 Å². The molecular formula is C28H25ClN2O3. The second kappa shape index (κ2) is 8.99. The number of hydrogen-bond donors (Lipinski definition) is 1. The molecule has 0 atom stereocenters. The molecule has 1 amide bonds. The van der Waals surface area contributed by atoms with Gasteiger partial charge in [0.15, 0.2) is 0 Å². The fourth-order valence-corrected chi connectivity index (χ4v) is 5.00. The highest BCUT2D eigenvalue weighted by Gasteiger charge is 2.28. The Hall–Kier alpha value is -3.57. The highest BCUT2D eigenvalue weighted by atomic mass is 35.5. The van der Waals surface area contributed by atoms with Crippen LogP contribution in [0.1, 0.15) is 34.1 Å². The number of nitrogens with zero attached hydrogens (tertiary/aromatic N) is 2. The van der Waals surface area contributed by atoms with Crippen LogP contribution in [0.15, 0.2) is 66.7 Å². The maximum absolute atomic E-state index is 13.3. The van der Waals surface area contributed by atoms with Crippen LogP contribution in [-0.2, 0) is 30.7 Å². The SMILES string of the molecule is CCc1ccc(-c2ccc(C(=O)N3CCc4c(c5ccc(Cl)cc5n4CC(=O)O)C3)cc2)cc1. The molecule has 0 spiro atoms. The van der Waals surface area contributed by atoms with Crippen molar-refractivity contribution in [3.8, 4) is 11.1 Å². The number of halogens is 1. The zero-order valence-corrected chi connectivity index (χ0v) is 19.7. The predicted molar refractivity (Wildman–Crippen MR) is 134 cm³/mol. The first kappa shape index (κ1) is 22.2. The largest absolute Gasteiger partial charge is 0.480 e. The lowest BCUT2D eigenvalue weighted by molar-refractivity contribution is -0.137. The zero-order chi connectivity index (χ0) is 23.8. The summed E-state index contributed by atoms with van der Waals surface area (Å²) < 4.78 is 1.82. The Morgan fingerprint density at radius 1 is 0.971 bits per heavy atom. The van der Waals surface area contributed by atoms with Gasteiger partial charge in [-0.3, -0.25) is 9.59 Å². The molecular weight excluding hydrogens is 448 g/mol. The van der Waals surface area contributed by atoms with Gasteiger partial charge in [0.2, 0.25) is 0 Å². The van der Waals surface area contributed by atoms with E-state index in [0.29, 0.717) is 30.1 Å². The maximum atomic E-state index is 13.3. The van der Waals surface area contributed by atoms with Gasteiger partial charge in [-0.15, -0.1) is 0 Å². The van der Waals surface area contributed by atoms with E-state index in [9.17, 15) is 14.7 Å². The van der Waals surface area contributed by atoms with Crippen LogP contribution in [0.5, 0.6) is 0 Å². The van der Waals surface area contributed by atoms with Crippen LogP contribution in [0.25, 0.3) is 22.0 Å². The molecule has 5 rings (SSSR count). The van der Waals surface area contributed by atoms with E-state index in [1.54, 1.807) is 6.07 Å². The van der Waals surface area contributed by atoms with Crippen LogP contribution in [-0.4, -0.2) is 33.0 Å². The van der Waals surface area contributed by atoms with Crippen molar-refractivity contribution in [3.63, 3.8) is 0 Å². The Balaban J connectivity index is 1.41. The number of aromatic nitrogens is 1. The molecule has 1 aliphatic heterocycles. The Morgan fingerprint density at radius 3 is 2.29 bits per heavy atom. The molecule has 34 heavy (non-hydrogen) atoms. The lowest BCUT2D eigenvalue weighted by Crippen LogP contribution is -2.36. The Bertz CT molecular complexity index is 1390. The summed E-state index contributed by atoms with van der Waals surface area (Å²) in [5.74, 6) is -0.922. The molecule has 172 valence electrons. The van der Waals surface area contributed by atoms with E-state index in [4.69, 9.17) is 11.6 Å². The number of amides is 1. The third-order valence-electron chi connectivity index (χ3n) is 6.63. The first-order valence-electron chi connectivity index (χ1n) is 11.4. The van der Waals surface area contributed by atoms with Gasteiger partial charge in [0.25, 0.3) is 5.91 Å². The third-order valence-corrected chi connectivity index (χ3v) is 6.86. The minimum Gasteiger partial charge on any atom is -0.480 e. The molecule has 0 radical (unpaired) electrons. The minimum absolute atomic E-state index is 0.0216. The number of rotatable bonds is 5. The highest BCUT2D eigenvalue weighted by Crippen LogP contribution is 2.33. The predicted octanol–water partition coefficient (Wildman–Crippen LogP) is 5.81. The van der Waals surface area contributed by atoms with Gasteiger partial charge in [-0.25, -0.2) is 0 Å². The number of aryl methyl sites for hydroxylation is 1. The first-order valence-corrected chi connectivity index (χ1v) is 11.8. The number of carbonyl (C=O) groups is 2. The monoisotopic (exact) mass is 472 g/mol. The number of benzene rings is 3. The van der Waals surface area contributed by atoms with Crippen molar-refractivity contribution in [2.24, 2.45) is 0 Å². The van der Waals surface area contributed by atoms with Crippen molar-refractivity contribution in [3.05, 3.63) is 94.1 Å². The fourth-order valence-electron chi connectivity index (χ4n) is 4.83. The summed E-state index contributed by atoms with van der Waals surface area (Å²) >= 11 is 6.20. The zero-order valence-electron chi connectivity index (χ0n) is 18.9. The van der Waals surface area contributed by atoms with Crippen LogP contribution in [0.2, 0.25) is 5.02 Å². The molecule has 1 aliphatic rings. The summed E-state index contributed by atoms with van der Waals surface area (Å²) in [5.41, 5.74) is 6.92. The molecule has 0 fully saturated rings. The van der Waals surface area contributed by atoms with Crippen molar-refractivity contribution < 1.29 is 14.7 Å². The second-order valence-electron chi connectivity index (χ2n) is 8.67. The van der Waals surface area contributed by atoms with Crippen molar-refractivity contribution in [2.75, 3.05) is 6.54 Å². The van der Waals surface area contributed by atoms with Crippen molar-refractivity contribution in [2.45, 2.75) is 32.9 Å². The van der Waals surface area contributed by atoms with Crippen LogP contribution < -0.4 is 0 Å². The first-order chi connectivity index (χ1) is 16.4. The Morgan fingerprint density at radius 2 is 1.65 bits per heavy atom. The van der Waals surface area contributed by atoms with Crippen molar-refractivity contribution >= 4 is 34.4 Å². The Kier molecular flexibility index (Phi) is 5.88. The number of carboxylic acids is 1. The normalized spacial score (nSPS) is 13.2. The Labute approximate surface area is 203 Å². The molecule has 2 heterocycles. The summed E-state index contributed by atoms with van der Waals surface area (Å²) in [6.45, 7) is 2.99. The molecule has 0 saturated carbocycles. The molecule has 5 nitrogen and oxygen atoms in total. The maximum Gasteiger partial charge on any atom is 0.323 e. The number of hydrogen-bond acceptors (Lipinski definition) is 2. The van der Waals surface area contributed by atoms with E-state index in [2.05, 4.69) is 31.2 Å². The topological polar surface area (TPSA) is 62.5 Å². The molecule has 4 aromatic rings. The van der Waals surface area contributed by atoms with E-state index in [1.807, 2.05) is 45.9 Å². The van der Waals surface area contributed by atoms with E-state index in [0.717, 1.165) is 39.7 Å². The van der Waals surface area contributed by atoms with Gasteiger partial charge in [-0.2, -0.15) is 0 Å². The van der Waals surface area contributed by atoms with Crippen LogP contribution in [0, 0.1) is 0 Å². The van der Waals surface area contributed by atoms with Gasteiger partial charge in [0.05, 0.1) is 5.52 Å². The van der Waals surface area contributed by atoms with Gasteiger partial charge < -0.3 is 14.6 Å². The lowest BCUT2D eigenvalue weighted by Gasteiger charge is -2.28. The van der Waals surface area contributed by atoms with Crippen LogP contribution >= 0.6 is 11.6 Å². The fraction of sp³-hybridized carbons (Fsp3) is 0.214. The molecule has 0 unspecified atom stereocenters. The summed E-state index contributed by atoms with van der Waals surface area (Å²) in [7, 11) is 0. The van der Waals surface area contributed by atoms with E-state index in [-0.39, 0.29) is 12.5 Å². The van der Waals surface area contributed by atoms with E-state index in [1.165, 1.54) is 5.56 Å². The summed E-state index contributed by atoms with van der Waals surface area (Å²) in [5, 5.41) is 10.9. The molecule has 1 N–H and O–H groups in total. The molecule has 6 heteroatoms. The summed E-state index contributed by atoms with van der Waals surface area (Å²) in [4.78, 5) is 26.6. The van der Waals surface area contributed by atoms with Gasteiger partial charge in [-0.1, -0.05) is 61.0 Å². The standard InChI is InChI=1S/C28H25ClN2O3/c1-2-18-3-5-19(6-4-18)20-7-9-21(10-8-20)28(34)30-14-13-25-24(16-30)23-12-11-22(29)15-26(23)31(25)17-27(32)33/h3-12,15H,2,13-14,16-17H2,1H3,(H,32,33). The van der Waals surface area contributed by atoms with Crippen LogP contribution in [0.3, 0.4) is 0 Å². The van der Waals surface area contributed by atoms with Gasteiger partial charge >= 0.3 is 5.97 Å². The number of aliphatic carboxylic acids is 1. The van der Waals surface area contributed by atoms with E-state index < -0.39 is 5.97 Å². The van der Waals surface area contributed by atoms with Gasteiger partial charge in [-0.05, 0) is 47.4 Å². The smallest absolute Gasteiger partial charge is 0.323 e. The van der Waals surface area contributed by atoms with E-state index >= 15 is 0 Å². The van der Waals surface area contributed by atoms with Gasteiger partial charge in [0, 0.05) is 46.7 Å². The average Bonchev–Trinajstić information content (AvgIpc) is 3.15. The van der Waals surface area contributed by atoms with Crippen molar-refractivity contribution in [1.82, 2.24) is 9.47 Å². The third kappa shape index (κ3) is 4.08. The molecule has 0 aliphatic carbocycles. The highest BCUT2D eigenvalue weighted by molar-refractivity contribution is 6.31. The summed E-state index contributed by atoms with van der Waals surface area (Å²) in [6.07, 6.45) is 1.61. The number of fused-ring (bicyclic) bond motifs is 3. The lowest BCUT2D eigenvalue weighted by atomic mass is 10.0.